The van der Waals surface area contributed by atoms with Crippen LogP contribution in [0.1, 0.15) is 48.4 Å². The largest absolute Gasteiger partial charge is 0.492 e. The minimum Gasteiger partial charge on any atom is -0.492 e. The topological polar surface area (TPSA) is 126 Å². The van der Waals surface area contributed by atoms with E-state index in [1.165, 1.54) is 38.5 Å². The highest BCUT2D eigenvalue weighted by molar-refractivity contribution is 6.08. The number of hydrogen-bond acceptors (Lipinski definition) is 8. The molecule has 0 aliphatic heterocycles. The highest BCUT2D eigenvalue weighted by Crippen LogP contribution is 2.40. The molecule has 0 radical (unpaired) electrons. The molecule has 172 valence electrons. The fourth-order valence-electron chi connectivity index (χ4n) is 2.85. The van der Waals surface area contributed by atoms with E-state index in [2.05, 4.69) is 5.32 Å². The van der Waals surface area contributed by atoms with Gasteiger partial charge in [0, 0.05) is 6.07 Å². The van der Waals surface area contributed by atoms with E-state index in [1.807, 2.05) is 0 Å². The van der Waals surface area contributed by atoms with E-state index in [4.69, 9.17) is 18.9 Å². The van der Waals surface area contributed by atoms with Crippen molar-refractivity contribution in [2.24, 2.45) is 0 Å². The van der Waals surface area contributed by atoms with Crippen LogP contribution in [0.25, 0.3) is 0 Å². The zero-order valence-corrected chi connectivity index (χ0v) is 18.8. The Bertz CT molecular complexity index is 1020. The number of nitro benzene ring substituents is 1. The molecule has 0 saturated carbocycles. The molecule has 32 heavy (non-hydrogen) atoms. The molecule has 0 aromatic heterocycles. The highest BCUT2D eigenvalue weighted by Gasteiger charge is 2.26. The Labute approximate surface area is 185 Å². The Morgan fingerprint density at radius 3 is 2.16 bits per heavy atom. The average Bonchev–Trinajstić information content (AvgIpc) is 2.72. The number of esters is 1. The van der Waals surface area contributed by atoms with Gasteiger partial charge in [0.1, 0.15) is 5.75 Å². The smallest absolute Gasteiger partial charge is 0.338 e. The minimum atomic E-state index is -0.632. The van der Waals surface area contributed by atoms with E-state index in [1.54, 1.807) is 27.7 Å². The molecule has 10 heteroatoms. The van der Waals surface area contributed by atoms with Crippen LogP contribution in [0.5, 0.6) is 17.2 Å². The third-order valence-electron chi connectivity index (χ3n) is 4.11. The fourth-order valence-corrected chi connectivity index (χ4v) is 2.85. The highest BCUT2D eigenvalue weighted by atomic mass is 16.6. The lowest BCUT2D eigenvalue weighted by Crippen LogP contribution is -2.17. The normalized spacial score (nSPS) is 10.6. The molecule has 0 bridgehead atoms. The second-order valence-corrected chi connectivity index (χ2v) is 7.24. The summed E-state index contributed by atoms with van der Waals surface area (Å²) in [6, 6.07) is 6.93. The molecule has 0 saturated heterocycles. The Morgan fingerprint density at radius 1 is 0.969 bits per heavy atom. The lowest BCUT2D eigenvalue weighted by Gasteiger charge is -2.17. The maximum absolute atomic E-state index is 13.0. The summed E-state index contributed by atoms with van der Waals surface area (Å²) >= 11 is 0. The monoisotopic (exact) mass is 446 g/mol. The first-order valence-corrected chi connectivity index (χ1v) is 9.81. The number of carbonyl (C=O) groups excluding carboxylic acids is 2. The van der Waals surface area contributed by atoms with E-state index in [9.17, 15) is 19.7 Å². The molecule has 0 spiro atoms. The maximum atomic E-state index is 13.0. The van der Waals surface area contributed by atoms with Crippen LogP contribution in [0.3, 0.4) is 0 Å². The molecule has 0 unspecified atom stereocenters. The first-order chi connectivity index (χ1) is 15.1. The van der Waals surface area contributed by atoms with Crippen LogP contribution in [0.15, 0.2) is 30.3 Å². The van der Waals surface area contributed by atoms with Crippen LogP contribution in [-0.2, 0) is 4.74 Å². The van der Waals surface area contributed by atoms with Crippen molar-refractivity contribution in [3.63, 3.8) is 0 Å². The quantitative estimate of drug-likeness (QED) is 0.345. The van der Waals surface area contributed by atoms with Crippen molar-refractivity contribution in [2.75, 3.05) is 19.5 Å². The molecule has 2 rings (SSSR count). The van der Waals surface area contributed by atoms with Crippen molar-refractivity contribution in [3.8, 4) is 17.2 Å². The van der Waals surface area contributed by atoms with Crippen LogP contribution >= 0.6 is 0 Å². The van der Waals surface area contributed by atoms with Gasteiger partial charge in [0.25, 0.3) is 5.91 Å². The number of anilines is 1. The molecule has 0 heterocycles. The number of carbonyl (C=O) groups is 2. The standard InChI is InChI=1S/C22H26N2O8/c1-12(2)31-18-11-14(22(26)32-13(3)4)7-9-16(18)23-21(25)15-8-10-17(24(27)28)20(30-6)19(15)29-5/h7-13H,1-6H3,(H,23,25). The Balaban J connectivity index is 2.44. The summed E-state index contributed by atoms with van der Waals surface area (Å²) in [7, 11) is 2.52. The van der Waals surface area contributed by atoms with Crippen LogP contribution in [0.2, 0.25) is 0 Å². The minimum absolute atomic E-state index is 0.0220. The van der Waals surface area contributed by atoms with E-state index in [0.717, 1.165) is 6.07 Å². The summed E-state index contributed by atoms with van der Waals surface area (Å²) < 4.78 is 21.3. The van der Waals surface area contributed by atoms with E-state index < -0.39 is 16.8 Å². The van der Waals surface area contributed by atoms with Gasteiger partial charge in [0.05, 0.1) is 48.2 Å². The van der Waals surface area contributed by atoms with Crippen molar-refractivity contribution in [3.05, 3.63) is 51.6 Å². The summed E-state index contributed by atoms with van der Waals surface area (Å²) in [5.41, 5.74) is 0.248. The van der Waals surface area contributed by atoms with E-state index in [0.29, 0.717) is 5.69 Å². The van der Waals surface area contributed by atoms with Crippen molar-refractivity contribution >= 4 is 23.3 Å². The van der Waals surface area contributed by atoms with E-state index >= 15 is 0 Å². The van der Waals surface area contributed by atoms with Crippen LogP contribution < -0.4 is 19.5 Å². The summed E-state index contributed by atoms with van der Waals surface area (Å²) in [4.78, 5) is 35.8. The lowest BCUT2D eigenvalue weighted by atomic mass is 10.1. The van der Waals surface area contributed by atoms with Gasteiger partial charge < -0.3 is 24.3 Å². The van der Waals surface area contributed by atoms with Gasteiger partial charge in [-0.25, -0.2) is 4.79 Å². The molecule has 0 fully saturated rings. The predicted molar refractivity (Wildman–Crippen MR) is 117 cm³/mol. The van der Waals surface area contributed by atoms with Gasteiger partial charge in [0.2, 0.25) is 5.75 Å². The number of hydrogen-bond donors (Lipinski definition) is 1. The average molecular weight is 446 g/mol. The van der Waals surface area contributed by atoms with Gasteiger partial charge in [-0.05, 0) is 52.0 Å². The van der Waals surface area contributed by atoms with Gasteiger partial charge in [-0.3, -0.25) is 14.9 Å². The van der Waals surface area contributed by atoms with Crippen LogP contribution in [0.4, 0.5) is 11.4 Å². The molecule has 2 aromatic carbocycles. The molecule has 2 aromatic rings. The molecule has 1 N–H and O–H groups in total. The lowest BCUT2D eigenvalue weighted by molar-refractivity contribution is -0.385. The number of ether oxygens (including phenoxy) is 4. The van der Waals surface area contributed by atoms with Crippen LogP contribution in [-0.4, -0.2) is 43.2 Å². The third-order valence-corrected chi connectivity index (χ3v) is 4.11. The van der Waals surface area contributed by atoms with Crippen LogP contribution in [0, 0.1) is 10.1 Å². The number of amides is 1. The summed E-state index contributed by atoms with van der Waals surface area (Å²) in [6.07, 6.45) is -0.531. The van der Waals surface area contributed by atoms with Gasteiger partial charge >= 0.3 is 11.7 Å². The molecule has 0 atom stereocenters. The maximum Gasteiger partial charge on any atom is 0.338 e. The molecule has 1 amide bonds. The number of rotatable bonds is 9. The SMILES string of the molecule is COc1c(C(=O)Nc2ccc(C(=O)OC(C)C)cc2OC(C)C)ccc([N+](=O)[O-])c1OC. The number of nitrogens with one attached hydrogen (secondary N) is 1. The van der Waals surface area contributed by atoms with Gasteiger partial charge in [-0.2, -0.15) is 0 Å². The fraction of sp³-hybridized carbons (Fsp3) is 0.364. The number of nitrogens with zero attached hydrogens (tertiary/aromatic N) is 1. The summed E-state index contributed by atoms with van der Waals surface area (Å²) in [5.74, 6) is -1.12. The number of nitro groups is 1. The van der Waals surface area contributed by atoms with Crippen molar-refractivity contribution in [1.82, 2.24) is 0 Å². The molecule has 10 nitrogen and oxygen atoms in total. The summed E-state index contributed by atoms with van der Waals surface area (Å²) in [6.45, 7) is 7.08. The van der Waals surface area contributed by atoms with Gasteiger partial charge in [-0.1, -0.05) is 0 Å². The molecular formula is C22H26N2O8. The molecule has 0 aliphatic rings. The summed E-state index contributed by atoms with van der Waals surface area (Å²) in [5, 5.41) is 13.9. The first kappa shape index (κ1) is 24.4. The van der Waals surface area contributed by atoms with Crippen molar-refractivity contribution < 1.29 is 33.5 Å². The van der Waals surface area contributed by atoms with Gasteiger partial charge in [-0.15, -0.1) is 0 Å². The molecular weight excluding hydrogens is 420 g/mol. The Hall–Kier alpha value is -3.82. The van der Waals surface area contributed by atoms with Crippen molar-refractivity contribution in [2.45, 2.75) is 39.9 Å². The second-order valence-electron chi connectivity index (χ2n) is 7.24. The first-order valence-electron chi connectivity index (χ1n) is 9.81. The van der Waals surface area contributed by atoms with Crippen molar-refractivity contribution in [1.29, 1.82) is 0 Å². The number of methoxy groups -OCH3 is 2. The Morgan fingerprint density at radius 2 is 1.62 bits per heavy atom. The zero-order valence-electron chi connectivity index (χ0n) is 18.8. The number of benzene rings is 2. The van der Waals surface area contributed by atoms with Gasteiger partial charge in [0.15, 0.2) is 5.75 Å². The Kier molecular flexibility index (Phi) is 8.00. The molecule has 0 aliphatic carbocycles. The predicted octanol–water partition coefficient (Wildman–Crippen LogP) is 4.22. The van der Waals surface area contributed by atoms with E-state index in [-0.39, 0.29) is 46.3 Å². The third kappa shape index (κ3) is 5.65. The zero-order chi connectivity index (χ0) is 24.0. The second kappa shape index (κ2) is 10.5.